The zero-order valence-electron chi connectivity index (χ0n) is 40.5. The molecule has 0 aliphatic rings. The third-order valence-electron chi connectivity index (χ3n) is 12.9. The van der Waals surface area contributed by atoms with E-state index in [-0.39, 0.29) is 0 Å². The molecule has 0 fully saturated rings. The van der Waals surface area contributed by atoms with Gasteiger partial charge in [-0.05, 0) is 132 Å². The predicted octanol–water partition coefficient (Wildman–Crippen LogP) is 19.2. The molecular formula is C67H56N2S. The average molecular weight is 921 g/mol. The molecule has 0 atom stereocenters. The van der Waals surface area contributed by atoms with Gasteiger partial charge in [-0.1, -0.05) is 227 Å². The molecule has 10 aromatic carbocycles. The van der Waals surface area contributed by atoms with E-state index in [1.807, 2.05) is 39.8 Å². The van der Waals surface area contributed by atoms with Gasteiger partial charge in [-0.25, -0.2) is 9.97 Å². The number of allylic oxidation sites excluding steroid dienone is 4. The van der Waals surface area contributed by atoms with Crippen LogP contribution in [0.1, 0.15) is 55.5 Å². The van der Waals surface area contributed by atoms with Crippen LogP contribution in [0.25, 0.3) is 105 Å². The van der Waals surface area contributed by atoms with E-state index in [1.165, 1.54) is 54.4 Å². The Labute approximate surface area is 418 Å². The highest BCUT2D eigenvalue weighted by molar-refractivity contribution is 7.80. The van der Waals surface area contributed by atoms with Gasteiger partial charge in [0, 0.05) is 21.6 Å². The average Bonchev–Trinajstić information content (AvgIpc) is 3.41. The van der Waals surface area contributed by atoms with Crippen LogP contribution in [-0.4, -0.2) is 9.97 Å². The highest BCUT2D eigenvalue weighted by Crippen LogP contribution is 2.40. The van der Waals surface area contributed by atoms with E-state index < -0.39 is 0 Å². The SMILES string of the molecule is C=C(C)c1ccc(-c2nc(-c3cc(/C=C\C=C/C)c4ccccc4c3S)cc(-c3cc4ccccc4c4ccccc34)n2)cc1.C=C(c1ccccc1C)c1cc2ccccc2c2ccccc12.CC. The van der Waals surface area contributed by atoms with Gasteiger partial charge in [-0.2, -0.15) is 0 Å². The minimum atomic E-state index is 0.667. The second-order valence-corrected chi connectivity index (χ2v) is 17.7. The molecule has 340 valence electrons. The number of hydrogen-bond donors (Lipinski definition) is 1. The standard InChI is InChI=1S/C42H32N2S.C23H18.C2H6/c1-4-5-6-13-31-25-38(41(45)36-19-12-9-16-33(31)36)40-26-39(43-42(44-40)29-22-20-28(21-23-29)27(2)3)37-24-30-14-7-8-15-32(30)34-17-10-11-18-35(34)37;1-16-9-3-5-11-19(16)17(2)23-15-18-10-4-6-12-20(18)21-13-7-8-14-22(21)23;1-2/h4-26,45H,2H2,1,3H3;3-15H,2H2,1H3;1-2H3/b5-4-,13-6-;;. The topological polar surface area (TPSA) is 25.8 Å². The predicted molar refractivity (Wildman–Crippen MR) is 309 cm³/mol. The summed E-state index contributed by atoms with van der Waals surface area (Å²) in [5.74, 6) is 0.667. The van der Waals surface area contributed by atoms with Crippen molar-refractivity contribution in [3.63, 3.8) is 0 Å². The van der Waals surface area contributed by atoms with Crippen LogP contribution >= 0.6 is 12.6 Å². The highest BCUT2D eigenvalue weighted by Gasteiger charge is 2.18. The van der Waals surface area contributed by atoms with Gasteiger partial charge in [0.2, 0.25) is 0 Å². The second-order valence-electron chi connectivity index (χ2n) is 17.3. The second kappa shape index (κ2) is 21.0. The Morgan fingerprint density at radius 3 is 1.63 bits per heavy atom. The Bertz CT molecular complexity index is 3820. The summed E-state index contributed by atoms with van der Waals surface area (Å²) in [6.07, 6.45) is 8.30. The van der Waals surface area contributed by atoms with Crippen LogP contribution in [0.15, 0.2) is 230 Å². The first-order chi connectivity index (χ1) is 34.3. The van der Waals surface area contributed by atoms with Crippen molar-refractivity contribution in [2.75, 3.05) is 0 Å². The van der Waals surface area contributed by atoms with Crippen molar-refractivity contribution in [2.45, 2.75) is 39.5 Å². The Hall–Kier alpha value is -8.11. The zero-order chi connectivity index (χ0) is 48.7. The minimum absolute atomic E-state index is 0.667. The van der Waals surface area contributed by atoms with E-state index in [0.29, 0.717) is 5.82 Å². The van der Waals surface area contributed by atoms with Gasteiger partial charge in [-0.3, -0.25) is 0 Å². The molecule has 0 saturated carbocycles. The number of hydrogen-bond acceptors (Lipinski definition) is 3. The van der Waals surface area contributed by atoms with Gasteiger partial charge < -0.3 is 0 Å². The first-order valence-corrected chi connectivity index (χ1v) is 24.5. The lowest BCUT2D eigenvalue weighted by atomic mass is 9.89. The van der Waals surface area contributed by atoms with E-state index in [2.05, 4.69) is 226 Å². The van der Waals surface area contributed by atoms with Gasteiger partial charge >= 0.3 is 0 Å². The van der Waals surface area contributed by atoms with E-state index in [0.717, 1.165) is 71.4 Å². The summed E-state index contributed by atoms with van der Waals surface area (Å²) in [5.41, 5.74) is 12.7. The van der Waals surface area contributed by atoms with Crippen molar-refractivity contribution in [2.24, 2.45) is 0 Å². The van der Waals surface area contributed by atoms with Gasteiger partial charge in [0.1, 0.15) is 0 Å². The molecule has 11 aromatic rings. The Kier molecular flexibility index (Phi) is 14.1. The molecule has 0 radical (unpaired) electrons. The summed E-state index contributed by atoms with van der Waals surface area (Å²) in [5, 5.41) is 12.1. The summed E-state index contributed by atoms with van der Waals surface area (Å²) in [6.45, 7) is 18.7. The van der Waals surface area contributed by atoms with E-state index in [9.17, 15) is 0 Å². The van der Waals surface area contributed by atoms with Crippen molar-refractivity contribution < 1.29 is 0 Å². The number of aromatic nitrogens is 2. The quantitative estimate of drug-likeness (QED) is 0.0933. The third-order valence-corrected chi connectivity index (χ3v) is 13.4. The van der Waals surface area contributed by atoms with Gasteiger partial charge in [0.25, 0.3) is 0 Å². The zero-order valence-corrected chi connectivity index (χ0v) is 41.4. The monoisotopic (exact) mass is 920 g/mol. The number of nitrogens with zero attached hydrogens (tertiary/aromatic N) is 2. The molecule has 1 heterocycles. The van der Waals surface area contributed by atoms with Crippen LogP contribution < -0.4 is 0 Å². The van der Waals surface area contributed by atoms with Crippen LogP contribution in [0.5, 0.6) is 0 Å². The molecular weight excluding hydrogens is 865 g/mol. The Balaban J connectivity index is 0.000000203. The molecule has 0 bridgehead atoms. The molecule has 11 rings (SSSR count). The summed E-state index contributed by atoms with van der Waals surface area (Å²) in [6, 6.07) is 68.3. The number of rotatable bonds is 8. The van der Waals surface area contributed by atoms with Crippen molar-refractivity contribution >= 4 is 83.7 Å². The number of fused-ring (bicyclic) bond motifs is 7. The van der Waals surface area contributed by atoms with E-state index >= 15 is 0 Å². The van der Waals surface area contributed by atoms with E-state index in [1.54, 1.807) is 0 Å². The summed E-state index contributed by atoms with van der Waals surface area (Å²) < 4.78 is 0. The molecule has 0 unspecified atom stereocenters. The normalized spacial score (nSPS) is 11.3. The summed E-state index contributed by atoms with van der Waals surface area (Å²) in [4.78, 5) is 11.3. The fourth-order valence-corrected chi connectivity index (χ4v) is 9.75. The van der Waals surface area contributed by atoms with Crippen LogP contribution in [0.2, 0.25) is 0 Å². The van der Waals surface area contributed by atoms with Crippen LogP contribution in [-0.2, 0) is 0 Å². The number of benzene rings is 10. The lowest BCUT2D eigenvalue weighted by molar-refractivity contribution is 1.18. The molecule has 0 spiro atoms. The highest BCUT2D eigenvalue weighted by atomic mass is 32.1. The van der Waals surface area contributed by atoms with Crippen molar-refractivity contribution in [3.05, 3.63) is 253 Å². The molecule has 2 nitrogen and oxygen atoms in total. The largest absolute Gasteiger partial charge is 0.228 e. The molecule has 0 N–H and O–H groups in total. The summed E-state index contributed by atoms with van der Waals surface area (Å²) in [7, 11) is 0. The molecule has 0 aliphatic carbocycles. The van der Waals surface area contributed by atoms with Crippen LogP contribution in [0, 0.1) is 6.92 Å². The van der Waals surface area contributed by atoms with Gasteiger partial charge in [0.15, 0.2) is 5.82 Å². The molecule has 3 heteroatoms. The molecule has 1 aromatic heterocycles. The maximum atomic E-state index is 5.22. The van der Waals surface area contributed by atoms with Crippen molar-refractivity contribution in [1.29, 1.82) is 0 Å². The number of aryl methyl sites for hydroxylation is 1. The maximum absolute atomic E-state index is 5.22. The third kappa shape index (κ3) is 9.37. The minimum Gasteiger partial charge on any atom is -0.228 e. The summed E-state index contributed by atoms with van der Waals surface area (Å²) >= 11 is 5.11. The lowest BCUT2D eigenvalue weighted by Crippen LogP contribution is -1.98. The Morgan fingerprint density at radius 1 is 0.486 bits per heavy atom. The first kappa shape index (κ1) is 47.0. The molecule has 0 aliphatic heterocycles. The van der Waals surface area contributed by atoms with Crippen molar-refractivity contribution in [1.82, 2.24) is 9.97 Å². The van der Waals surface area contributed by atoms with Gasteiger partial charge in [0.05, 0.1) is 11.4 Å². The fourth-order valence-electron chi connectivity index (χ4n) is 9.37. The smallest absolute Gasteiger partial charge is 0.160 e. The molecule has 70 heavy (non-hydrogen) atoms. The van der Waals surface area contributed by atoms with E-state index in [4.69, 9.17) is 22.6 Å². The fraction of sp³-hybridized carbons (Fsp3) is 0.0746. The Morgan fingerprint density at radius 2 is 1.00 bits per heavy atom. The maximum Gasteiger partial charge on any atom is 0.160 e. The number of thiol groups is 1. The van der Waals surface area contributed by atoms with Crippen molar-refractivity contribution in [3.8, 4) is 33.9 Å². The molecule has 0 saturated heterocycles. The van der Waals surface area contributed by atoms with Gasteiger partial charge in [-0.15, -0.1) is 12.6 Å². The lowest BCUT2D eigenvalue weighted by Gasteiger charge is -2.16. The van der Waals surface area contributed by atoms with Crippen LogP contribution in [0.3, 0.4) is 0 Å². The van der Waals surface area contributed by atoms with Crippen LogP contribution in [0.4, 0.5) is 0 Å². The first-order valence-electron chi connectivity index (χ1n) is 24.0. The molecule has 0 amide bonds.